The summed E-state index contributed by atoms with van der Waals surface area (Å²) in [7, 11) is -3.72. The highest BCUT2D eigenvalue weighted by molar-refractivity contribution is 7.89. The number of carboxylic acid groups (broad SMARTS) is 1. The fourth-order valence-corrected chi connectivity index (χ4v) is 2.76. The lowest BCUT2D eigenvalue weighted by Crippen LogP contribution is -2.38. The monoisotopic (exact) mass is 329 g/mol. The molecule has 1 aromatic rings. The standard InChI is InChI=1S/C13H19N3O5S/c1-2-8-16(10-13(18)19)12(17)5-7-15-22(20,21)11-4-3-6-14-9-11/h3-4,6,9,15H,2,5,7-8,10H2,1H3,(H,18,19). The van der Waals surface area contributed by atoms with Gasteiger partial charge in [0.1, 0.15) is 11.4 Å². The molecule has 0 atom stereocenters. The van der Waals surface area contributed by atoms with E-state index in [1.54, 1.807) is 0 Å². The molecule has 0 radical (unpaired) electrons. The third-order valence-corrected chi connectivity index (χ3v) is 4.19. The van der Waals surface area contributed by atoms with E-state index in [1.165, 1.54) is 29.4 Å². The smallest absolute Gasteiger partial charge is 0.323 e. The van der Waals surface area contributed by atoms with E-state index in [-0.39, 0.29) is 24.4 Å². The second kappa shape index (κ2) is 8.44. The minimum Gasteiger partial charge on any atom is -0.480 e. The zero-order valence-corrected chi connectivity index (χ0v) is 13.0. The van der Waals surface area contributed by atoms with Gasteiger partial charge in [-0.3, -0.25) is 14.6 Å². The van der Waals surface area contributed by atoms with Crippen molar-refractivity contribution in [2.24, 2.45) is 0 Å². The number of amides is 1. The van der Waals surface area contributed by atoms with E-state index in [9.17, 15) is 18.0 Å². The summed E-state index contributed by atoms with van der Waals surface area (Å²) in [5.74, 6) is -1.50. The molecule has 22 heavy (non-hydrogen) atoms. The molecule has 8 nitrogen and oxygen atoms in total. The molecule has 0 saturated carbocycles. The number of hydrogen-bond acceptors (Lipinski definition) is 5. The molecule has 1 rings (SSSR count). The molecule has 0 saturated heterocycles. The molecule has 1 heterocycles. The summed E-state index contributed by atoms with van der Waals surface area (Å²) >= 11 is 0. The fraction of sp³-hybridized carbons (Fsp3) is 0.462. The lowest BCUT2D eigenvalue weighted by Gasteiger charge is -2.19. The maximum Gasteiger partial charge on any atom is 0.323 e. The Morgan fingerprint density at radius 2 is 2.14 bits per heavy atom. The van der Waals surface area contributed by atoms with Gasteiger partial charge in [-0.1, -0.05) is 6.92 Å². The molecule has 122 valence electrons. The molecular weight excluding hydrogens is 310 g/mol. The lowest BCUT2D eigenvalue weighted by atomic mass is 10.3. The van der Waals surface area contributed by atoms with Crippen molar-refractivity contribution in [3.63, 3.8) is 0 Å². The first kappa shape index (κ1) is 18.1. The molecule has 0 bridgehead atoms. The summed E-state index contributed by atoms with van der Waals surface area (Å²) < 4.78 is 26.1. The first-order valence-corrected chi connectivity index (χ1v) is 8.24. The van der Waals surface area contributed by atoms with Gasteiger partial charge in [-0.2, -0.15) is 0 Å². The number of carbonyl (C=O) groups is 2. The van der Waals surface area contributed by atoms with E-state index >= 15 is 0 Å². The topological polar surface area (TPSA) is 117 Å². The highest BCUT2D eigenvalue weighted by Crippen LogP contribution is 2.05. The maximum absolute atomic E-state index is 11.9. The van der Waals surface area contributed by atoms with E-state index in [0.717, 1.165) is 0 Å². The van der Waals surface area contributed by atoms with Crippen LogP contribution in [-0.4, -0.2) is 54.9 Å². The minimum atomic E-state index is -3.72. The number of nitrogens with zero attached hydrogens (tertiary/aromatic N) is 2. The van der Waals surface area contributed by atoms with Crippen LogP contribution in [0.2, 0.25) is 0 Å². The van der Waals surface area contributed by atoms with Crippen LogP contribution >= 0.6 is 0 Å². The summed E-state index contributed by atoms with van der Waals surface area (Å²) in [6.45, 7) is 1.66. The predicted molar refractivity (Wildman–Crippen MR) is 78.5 cm³/mol. The molecule has 0 unspecified atom stereocenters. The summed E-state index contributed by atoms with van der Waals surface area (Å²) in [4.78, 5) is 27.5. The van der Waals surface area contributed by atoms with E-state index < -0.39 is 21.9 Å². The molecule has 0 fully saturated rings. The summed E-state index contributed by atoms with van der Waals surface area (Å²) in [6, 6.07) is 2.89. The Bertz CT molecular complexity index is 603. The number of nitrogens with one attached hydrogen (secondary N) is 1. The summed E-state index contributed by atoms with van der Waals surface area (Å²) in [5, 5.41) is 8.75. The Morgan fingerprint density at radius 3 is 2.68 bits per heavy atom. The molecule has 0 aliphatic carbocycles. The van der Waals surface area contributed by atoms with E-state index in [0.29, 0.717) is 13.0 Å². The second-order valence-corrected chi connectivity index (χ2v) is 6.31. The van der Waals surface area contributed by atoms with Crippen LogP contribution in [0.4, 0.5) is 0 Å². The van der Waals surface area contributed by atoms with Gasteiger partial charge in [0, 0.05) is 31.9 Å². The zero-order valence-electron chi connectivity index (χ0n) is 12.2. The van der Waals surface area contributed by atoms with Crippen LogP contribution in [0.15, 0.2) is 29.4 Å². The van der Waals surface area contributed by atoms with Gasteiger partial charge in [0.15, 0.2) is 0 Å². The SMILES string of the molecule is CCCN(CC(=O)O)C(=O)CCNS(=O)(=O)c1cccnc1. The van der Waals surface area contributed by atoms with Gasteiger partial charge >= 0.3 is 5.97 Å². The maximum atomic E-state index is 11.9. The minimum absolute atomic E-state index is 0.0124. The Hall–Kier alpha value is -2.00. The van der Waals surface area contributed by atoms with Crippen molar-refractivity contribution >= 4 is 21.9 Å². The first-order chi connectivity index (χ1) is 10.4. The third kappa shape index (κ3) is 5.78. The molecule has 2 N–H and O–H groups in total. The first-order valence-electron chi connectivity index (χ1n) is 6.76. The van der Waals surface area contributed by atoms with Gasteiger partial charge < -0.3 is 10.0 Å². The molecule has 0 aliphatic rings. The number of carboxylic acids is 1. The Balaban J connectivity index is 2.55. The van der Waals surface area contributed by atoms with Gasteiger partial charge in [-0.05, 0) is 18.6 Å². The lowest BCUT2D eigenvalue weighted by molar-refractivity contribution is -0.144. The van der Waals surface area contributed by atoms with Crippen molar-refractivity contribution in [2.75, 3.05) is 19.6 Å². The van der Waals surface area contributed by atoms with Crippen LogP contribution in [0.3, 0.4) is 0 Å². The highest BCUT2D eigenvalue weighted by atomic mass is 32.2. The van der Waals surface area contributed by atoms with Crippen LogP contribution in [0.1, 0.15) is 19.8 Å². The molecule has 0 aliphatic heterocycles. The number of hydrogen-bond donors (Lipinski definition) is 2. The number of aromatic nitrogens is 1. The fourth-order valence-electron chi connectivity index (χ4n) is 1.76. The van der Waals surface area contributed by atoms with E-state index in [2.05, 4.69) is 9.71 Å². The molecule has 0 aromatic carbocycles. The van der Waals surface area contributed by atoms with Crippen LogP contribution < -0.4 is 4.72 Å². The van der Waals surface area contributed by atoms with Crippen molar-refractivity contribution in [2.45, 2.75) is 24.7 Å². The van der Waals surface area contributed by atoms with E-state index in [1.807, 2.05) is 6.92 Å². The second-order valence-electron chi connectivity index (χ2n) is 4.55. The quantitative estimate of drug-likeness (QED) is 0.662. The largest absolute Gasteiger partial charge is 0.480 e. The molecule has 0 spiro atoms. The van der Waals surface area contributed by atoms with Crippen molar-refractivity contribution in [1.82, 2.24) is 14.6 Å². The molecular formula is C13H19N3O5S. The van der Waals surface area contributed by atoms with Crippen molar-refractivity contribution in [3.05, 3.63) is 24.5 Å². The number of sulfonamides is 1. The van der Waals surface area contributed by atoms with Gasteiger partial charge in [-0.15, -0.1) is 0 Å². The molecule has 1 aromatic heterocycles. The van der Waals surface area contributed by atoms with Crippen LogP contribution in [-0.2, 0) is 19.6 Å². The number of rotatable bonds is 9. The van der Waals surface area contributed by atoms with Gasteiger partial charge in [0.05, 0.1) is 0 Å². The summed E-state index contributed by atoms with van der Waals surface area (Å²) in [6.07, 6.45) is 3.18. The predicted octanol–water partition coefficient (Wildman–Crippen LogP) is 0.0732. The van der Waals surface area contributed by atoms with Gasteiger partial charge in [0.2, 0.25) is 15.9 Å². The van der Waals surface area contributed by atoms with Gasteiger partial charge in [0.25, 0.3) is 0 Å². The Labute approximate surface area is 129 Å². The number of pyridine rings is 1. The average molecular weight is 329 g/mol. The van der Waals surface area contributed by atoms with Crippen LogP contribution in [0.5, 0.6) is 0 Å². The van der Waals surface area contributed by atoms with Crippen molar-refractivity contribution < 1.29 is 23.1 Å². The van der Waals surface area contributed by atoms with Crippen molar-refractivity contribution in [1.29, 1.82) is 0 Å². The van der Waals surface area contributed by atoms with Crippen LogP contribution in [0, 0.1) is 0 Å². The highest BCUT2D eigenvalue weighted by Gasteiger charge is 2.18. The molecule has 1 amide bonds. The zero-order chi connectivity index (χ0) is 16.6. The number of aliphatic carboxylic acids is 1. The normalized spacial score (nSPS) is 11.1. The molecule has 9 heteroatoms. The third-order valence-electron chi connectivity index (χ3n) is 2.75. The summed E-state index contributed by atoms with van der Waals surface area (Å²) in [5.41, 5.74) is 0. The average Bonchev–Trinajstić information content (AvgIpc) is 2.47. The van der Waals surface area contributed by atoms with Gasteiger partial charge in [-0.25, -0.2) is 13.1 Å². The van der Waals surface area contributed by atoms with E-state index in [4.69, 9.17) is 5.11 Å². The number of carbonyl (C=O) groups excluding carboxylic acids is 1. The Kier molecular flexibility index (Phi) is 6.93. The van der Waals surface area contributed by atoms with Crippen molar-refractivity contribution in [3.8, 4) is 0 Å². The Morgan fingerprint density at radius 1 is 1.41 bits per heavy atom. The van der Waals surface area contributed by atoms with Crippen LogP contribution in [0.25, 0.3) is 0 Å².